The van der Waals surface area contributed by atoms with Gasteiger partial charge in [-0.15, -0.1) is 0 Å². The van der Waals surface area contributed by atoms with Crippen molar-refractivity contribution in [3.63, 3.8) is 0 Å². The Bertz CT molecular complexity index is 643. The molecule has 0 saturated heterocycles. The van der Waals surface area contributed by atoms with Crippen LogP contribution in [-0.4, -0.2) is 24.0 Å². The van der Waals surface area contributed by atoms with E-state index in [1.165, 1.54) is 5.56 Å². The first kappa shape index (κ1) is 15.5. The molecule has 1 amide bonds. The number of amides is 1. The summed E-state index contributed by atoms with van der Waals surface area (Å²) in [6, 6.07) is 12.1. The van der Waals surface area contributed by atoms with Crippen LogP contribution in [0.1, 0.15) is 24.0 Å². The number of nitrogens with one attached hydrogen (secondary N) is 1. The lowest BCUT2D eigenvalue weighted by molar-refractivity contribution is -0.121. The predicted molar refractivity (Wildman–Crippen MR) is 89.3 cm³/mol. The molecule has 120 valence electrons. The van der Waals surface area contributed by atoms with Crippen LogP contribution in [0.25, 0.3) is 0 Å². The number of fused-ring (bicyclic) bond motifs is 1. The van der Waals surface area contributed by atoms with Gasteiger partial charge in [0.15, 0.2) is 0 Å². The molecule has 4 nitrogen and oxygen atoms in total. The van der Waals surface area contributed by atoms with E-state index in [4.69, 9.17) is 4.74 Å². The van der Waals surface area contributed by atoms with Gasteiger partial charge in [-0.3, -0.25) is 9.78 Å². The molecular formula is C19H22N2O2. The molecule has 1 aromatic heterocycles. The minimum atomic E-state index is 0.104. The Hall–Kier alpha value is -2.36. The maximum atomic E-state index is 12.0. The lowest BCUT2D eigenvalue weighted by Gasteiger charge is -2.14. The molecule has 2 aromatic rings. The molecule has 0 radical (unpaired) electrons. The van der Waals surface area contributed by atoms with E-state index < -0.39 is 0 Å². The van der Waals surface area contributed by atoms with Crippen molar-refractivity contribution >= 4 is 5.91 Å². The number of benzene rings is 1. The van der Waals surface area contributed by atoms with Gasteiger partial charge in [0.2, 0.25) is 5.91 Å². The van der Waals surface area contributed by atoms with Crippen molar-refractivity contribution in [2.24, 2.45) is 5.92 Å². The average Bonchev–Trinajstić information content (AvgIpc) is 2.81. The number of hydrogen-bond donors (Lipinski definition) is 1. The van der Waals surface area contributed by atoms with Gasteiger partial charge in [0.1, 0.15) is 5.75 Å². The highest BCUT2D eigenvalue weighted by Gasteiger charge is 2.17. The molecule has 23 heavy (non-hydrogen) atoms. The summed E-state index contributed by atoms with van der Waals surface area (Å²) in [5, 5.41) is 3.07. The summed E-state index contributed by atoms with van der Waals surface area (Å²) in [6.45, 7) is 1.43. The van der Waals surface area contributed by atoms with Crippen molar-refractivity contribution in [3.05, 3.63) is 59.9 Å². The maximum Gasteiger partial charge on any atom is 0.220 e. The van der Waals surface area contributed by atoms with Crippen molar-refractivity contribution < 1.29 is 9.53 Å². The zero-order valence-corrected chi connectivity index (χ0v) is 13.2. The second-order valence-corrected chi connectivity index (χ2v) is 5.98. The monoisotopic (exact) mass is 310 g/mol. The zero-order chi connectivity index (χ0) is 15.9. The Labute approximate surface area is 136 Å². The minimum Gasteiger partial charge on any atom is -0.493 e. The van der Waals surface area contributed by atoms with Gasteiger partial charge >= 0.3 is 0 Å². The first-order valence-corrected chi connectivity index (χ1v) is 8.17. The van der Waals surface area contributed by atoms with E-state index in [9.17, 15) is 4.79 Å². The molecule has 0 fully saturated rings. The van der Waals surface area contributed by atoms with Crippen LogP contribution in [0.15, 0.2) is 48.8 Å². The number of ether oxygens (including phenoxy) is 1. The number of carbonyl (C=O) groups excluding carboxylic acids is 1. The summed E-state index contributed by atoms with van der Waals surface area (Å²) in [7, 11) is 0. The van der Waals surface area contributed by atoms with Gasteiger partial charge in [-0.05, 0) is 48.4 Å². The second kappa shape index (κ2) is 7.77. The molecule has 3 rings (SSSR count). The van der Waals surface area contributed by atoms with Crippen LogP contribution in [0.5, 0.6) is 5.75 Å². The minimum absolute atomic E-state index is 0.104. The second-order valence-electron chi connectivity index (χ2n) is 5.98. The fraction of sp³-hybridized carbons (Fsp3) is 0.368. The third kappa shape index (κ3) is 4.55. The van der Waals surface area contributed by atoms with E-state index in [1.807, 2.05) is 36.5 Å². The number of pyridine rings is 1. The van der Waals surface area contributed by atoms with E-state index in [0.29, 0.717) is 25.5 Å². The van der Waals surface area contributed by atoms with Gasteiger partial charge in [-0.2, -0.15) is 0 Å². The Morgan fingerprint density at radius 1 is 1.26 bits per heavy atom. The van der Waals surface area contributed by atoms with Crippen molar-refractivity contribution in [1.29, 1.82) is 0 Å². The van der Waals surface area contributed by atoms with Crippen molar-refractivity contribution in [2.75, 3.05) is 13.2 Å². The van der Waals surface area contributed by atoms with Gasteiger partial charge in [0, 0.05) is 25.4 Å². The van der Waals surface area contributed by atoms with Crippen molar-refractivity contribution in [2.45, 2.75) is 25.7 Å². The fourth-order valence-electron chi connectivity index (χ4n) is 2.89. The lowest BCUT2D eigenvalue weighted by Crippen LogP contribution is -2.30. The summed E-state index contributed by atoms with van der Waals surface area (Å²) >= 11 is 0. The number of aromatic nitrogens is 1. The summed E-state index contributed by atoms with van der Waals surface area (Å²) < 4.78 is 5.77. The first-order chi connectivity index (χ1) is 11.3. The lowest BCUT2D eigenvalue weighted by atomic mass is 9.97. The molecule has 1 N–H and O–H groups in total. The van der Waals surface area contributed by atoms with Gasteiger partial charge in [0.05, 0.1) is 6.61 Å². The first-order valence-electron chi connectivity index (χ1n) is 8.17. The number of carbonyl (C=O) groups is 1. The van der Waals surface area contributed by atoms with Crippen LogP contribution >= 0.6 is 0 Å². The Balaban J connectivity index is 1.45. The van der Waals surface area contributed by atoms with E-state index in [0.717, 1.165) is 30.6 Å². The largest absolute Gasteiger partial charge is 0.493 e. The summed E-state index contributed by atoms with van der Waals surface area (Å²) in [6.07, 6.45) is 6.72. The zero-order valence-electron chi connectivity index (χ0n) is 13.2. The number of nitrogens with zero attached hydrogens (tertiary/aromatic N) is 1. The van der Waals surface area contributed by atoms with Gasteiger partial charge in [-0.1, -0.05) is 24.3 Å². The molecule has 1 aliphatic rings. The maximum absolute atomic E-state index is 12.0. The summed E-state index contributed by atoms with van der Waals surface area (Å²) in [5.74, 6) is 1.52. The van der Waals surface area contributed by atoms with E-state index >= 15 is 0 Å². The normalized spacial score (nSPS) is 16.8. The highest BCUT2D eigenvalue weighted by molar-refractivity contribution is 5.76. The molecule has 1 aliphatic heterocycles. The summed E-state index contributed by atoms with van der Waals surface area (Å²) in [4.78, 5) is 16.1. The van der Waals surface area contributed by atoms with Crippen LogP contribution in [0.2, 0.25) is 0 Å². The average molecular weight is 310 g/mol. The molecule has 1 unspecified atom stereocenters. The van der Waals surface area contributed by atoms with Crippen molar-refractivity contribution in [1.82, 2.24) is 10.3 Å². The quantitative estimate of drug-likeness (QED) is 0.924. The van der Waals surface area contributed by atoms with Crippen LogP contribution in [0, 0.1) is 5.92 Å². The molecule has 4 heteroatoms. The molecule has 0 spiro atoms. The van der Waals surface area contributed by atoms with Gasteiger partial charge in [0.25, 0.3) is 0 Å². The molecule has 2 heterocycles. The Kier molecular flexibility index (Phi) is 5.25. The van der Waals surface area contributed by atoms with Gasteiger partial charge < -0.3 is 10.1 Å². The highest BCUT2D eigenvalue weighted by atomic mass is 16.5. The number of aryl methyl sites for hydroxylation is 1. The highest BCUT2D eigenvalue weighted by Crippen LogP contribution is 2.26. The van der Waals surface area contributed by atoms with Crippen LogP contribution < -0.4 is 10.1 Å². The third-order valence-electron chi connectivity index (χ3n) is 4.22. The fourth-order valence-corrected chi connectivity index (χ4v) is 2.89. The molecule has 1 aromatic carbocycles. The Morgan fingerprint density at radius 3 is 3.04 bits per heavy atom. The van der Waals surface area contributed by atoms with Crippen LogP contribution in [0.3, 0.4) is 0 Å². The van der Waals surface area contributed by atoms with Crippen LogP contribution in [0.4, 0.5) is 0 Å². The molecule has 0 saturated carbocycles. The van der Waals surface area contributed by atoms with E-state index in [1.54, 1.807) is 6.20 Å². The molecule has 1 atom stereocenters. The van der Waals surface area contributed by atoms with Gasteiger partial charge in [-0.25, -0.2) is 0 Å². The van der Waals surface area contributed by atoms with Crippen molar-refractivity contribution in [3.8, 4) is 5.75 Å². The molecule has 0 bridgehead atoms. The van der Waals surface area contributed by atoms with Crippen LogP contribution in [-0.2, 0) is 17.6 Å². The molecular weight excluding hydrogens is 288 g/mol. The predicted octanol–water partition coefficient (Wildman–Crippen LogP) is 2.77. The topological polar surface area (TPSA) is 51.2 Å². The number of hydrogen-bond acceptors (Lipinski definition) is 3. The van der Waals surface area contributed by atoms with E-state index in [-0.39, 0.29) is 5.91 Å². The molecule has 0 aliphatic carbocycles. The standard InChI is InChI=1S/C19H22N2O2/c22-19(8-7-15-4-3-10-20-13-15)21-14-16-9-11-23-18-6-2-1-5-17(18)12-16/h1-6,10,13,16H,7-9,11-12,14H2,(H,21,22). The summed E-state index contributed by atoms with van der Waals surface area (Å²) in [5.41, 5.74) is 2.33. The SMILES string of the molecule is O=C(CCc1cccnc1)NCC1CCOc2ccccc2C1. The smallest absolute Gasteiger partial charge is 0.220 e. The Morgan fingerprint density at radius 2 is 2.17 bits per heavy atom. The number of rotatable bonds is 5. The van der Waals surface area contributed by atoms with E-state index in [2.05, 4.69) is 16.4 Å². The number of para-hydroxylation sites is 1. The third-order valence-corrected chi connectivity index (χ3v) is 4.22.